The van der Waals surface area contributed by atoms with Gasteiger partial charge < -0.3 is 10.1 Å². The third-order valence-corrected chi connectivity index (χ3v) is 2.96. The highest BCUT2D eigenvalue weighted by Crippen LogP contribution is 2.17. The molecule has 3 heteroatoms. The number of benzene rings is 1. The summed E-state index contributed by atoms with van der Waals surface area (Å²) >= 11 is 3.39. The van der Waals surface area contributed by atoms with E-state index in [4.69, 9.17) is 4.74 Å². The Kier molecular flexibility index (Phi) is 3.43. The lowest BCUT2D eigenvalue weighted by Crippen LogP contribution is -2.28. The van der Waals surface area contributed by atoms with Gasteiger partial charge >= 0.3 is 0 Å². The third-order valence-electron chi connectivity index (χ3n) is 2.43. The van der Waals surface area contributed by atoms with Gasteiger partial charge in [0.1, 0.15) is 12.4 Å². The summed E-state index contributed by atoms with van der Waals surface area (Å²) in [5.41, 5.74) is 0. The van der Waals surface area contributed by atoms with Crippen LogP contribution in [0.4, 0.5) is 0 Å². The number of ether oxygens (including phenoxy) is 1. The van der Waals surface area contributed by atoms with Crippen LogP contribution in [0.2, 0.25) is 0 Å². The molecule has 0 amide bonds. The van der Waals surface area contributed by atoms with Gasteiger partial charge in [-0.2, -0.15) is 0 Å². The average molecular weight is 256 g/mol. The Balaban J connectivity index is 1.82. The fraction of sp³-hybridized carbons (Fsp3) is 0.455. The van der Waals surface area contributed by atoms with Gasteiger partial charge in [-0.1, -0.05) is 15.9 Å². The molecule has 0 bridgehead atoms. The summed E-state index contributed by atoms with van der Waals surface area (Å²) < 4.78 is 6.75. The zero-order chi connectivity index (χ0) is 9.80. The van der Waals surface area contributed by atoms with Gasteiger partial charge in [0.2, 0.25) is 0 Å². The molecule has 1 atom stereocenters. The first-order valence-electron chi connectivity index (χ1n) is 4.96. The van der Waals surface area contributed by atoms with E-state index in [1.54, 1.807) is 0 Å². The Morgan fingerprint density at radius 1 is 1.36 bits per heavy atom. The lowest BCUT2D eigenvalue weighted by molar-refractivity contribution is 0.277. The summed E-state index contributed by atoms with van der Waals surface area (Å²) in [6.07, 6.45) is 2.50. The van der Waals surface area contributed by atoms with E-state index in [0.717, 1.165) is 23.4 Å². The number of hydrogen-bond donors (Lipinski definition) is 1. The van der Waals surface area contributed by atoms with Gasteiger partial charge in [-0.25, -0.2) is 0 Å². The summed E-state index contributed by atoms with van der Waals surface area (Å²) in [6, 6.07) is 8.51. The quantitative estimate of drug-likeness (QED) is 0.897. The smallest absolute Gasteiger partial charge is 0.119 e. The second-order valence-corrected chi connectivity index (χ2v) is 4.47. The van der Waals surface area contributed by atoms with Gasteiger partial charge in [0.15, 0.2) is 0 Å². The molecule has 0 radical (unpaired) electrons. The summed E-state index contributed by atoms with van der Waals surface area (Å²) in [5.74, 6) is 0.946. The van der Waals surface area contributed by atoms with E-state index in [-0.39, 0.29) is 0 Å². The Bertz CT molecular complexity index is 280. The molecule has 1 aliphatic heterocycles. The average Bonchev–Trinajstić information content (AvgIpc) is 2.70. The second kappa shape index (κ2) is 4.80. The van der Waals surface area contributed by atoms with Crippen molar-refractivity contribution in [2.24, 2.45) is 0 Å². The Morgan fingerprint density at radius 2 is 2.14 bits per heavy atom. The van der Waals surface area contributed by atoms with Crippen LogP contribution in [0.3, 0.4) is 0 Å². The van der Waals surface area contributed by atoms with Crippen LogP contribution in [0.1, 0.15) is 12.8 Å². The van der Waals surface area contributed by atoms with E-state index in [1.807, 2.05) is 24.3 Å². The van der Waals surface area contributed by atoms with Crippen LogP contribution < -0.4 is 10.1 Å². The molecular formula is C11H14BrNO. The standard InChI is InChI=1S/C11H14BrNO/c12-9-3-5-11(6-4-9)14-8-10-2-1-7-13-10/h3-6,10,13H,1-2,7-8H2/t10-/m0/s1. The predicted octanol–water partition coefficient (Wildman–Crippen LogP) is 2.58. The van der Waals surface area contributed by atoms with Crippen molar-refractivity contribution in [3.8, 4) is 5.75 Å². The van der Waals surface area contributed by atoms with E-state index in [9.17, 15) is 0 Å². The summed E-state index contributed by atoms with van der Waals surface area (Å²) in [7, 11) is 0. The monoisotopic (exact) mass is 255 g/mol. The minimum Gasteiger partial charge on any atom is -0.492 e. The molecule has 1 aromatic carbocycles. The fourth-order valence-electron chi connectivity index (χ4n) is 1.63. The molecule has 1 N–H and O–H groups in total. The molecule has 76 valence electrons. The van der Waals surface area contributed by atoms with Crippen LogP contribution in [0.5, 0.6) is 5.75 Å². The molecule has 1 fully saturated rings. The maximum absolute atomic E-state index is 5.66. The van der Waals surface area contributed by atoms with Crippen molar-refractivity contribution in [3.63, 3.8) is 0 Å². The molecule has 0 aliphatic carbocycles. The van der Waals surface area contributed by atoms with Crippen LogP contribution in [0.15, 0.2) is 28.7 Å². The molecule has 0 spiro atoms. The molecule has 1 aliphatic rings. The minimum atomic E-state index is 0.540. The van der Waals surface area contributed by atoms with Crippen LogP contribution in [0, 0.1) is 0 Å². The Labute approximate surface area is 92.8 Å². The third kappa shape index (κ3) is 2.72. The van der Waals surface area contributed by atoms with Gasteiger partial charge in [-0.05, 0) is 43.7 Å². The van der Waals surface area contributed by atoms with E-state index < -0.39 is 0 Å². The SMILES string of the molecule is Brc1ccc(OC[C@@H]2CCCN2)cc1. The number of nitrogens with one attached hydrogen (secondary N) is 1. The van der Waals surface area contributed by atoms with Crippen molar-refractivity contribution in [3.05, 3.63) is 28.7 Å². The zero-order valence-electron chi connectivity index (χ0n) is 8.00. The van der Waals surface area contributed by atoms with Crippen molar-refractivity contribution in [2.75, 3.05) is 13.2 Å². The first-order valence-corrected chi connectivity index (χ1v) is 5.75. The Morgan fingerprint density at radius 3 is 2.79 bits per heavy atom. The van der Waals surface area contributed by atoms with Crippen LogP contribution in [-0.2, 0) is 0 Å². The molecular weight excluding hydrogens is 242 g/mol. The molecule has 1 heterocycles. The second-order valence-electron chi connectivity index (χ2n) is 3.56. The summed E-state index contributed by atoms with van der Waals surface area (Å²) in [5, 5.41) is 3.40. The fourth-order valence-corrected chi connectivity index (χ4v) is 1.89. The van der Waals surface area contributed by atoms with Crippen molar-refractivity contribution >= 4 is 15.9 Å². The van der Waals surface area contributed by atoms with Gasteiger partial charge in [0, 0.05) is 10.5 Å². The van der Waals surface area contributed by atoms with Gasteiger partial charge in [-0.3, -0.25) is 0 Å². The molecule has 1 saturated heterocycles. The summed E-state index contributed by atoms with van der Waals surface area (Å²) in [4.78, 5) is 0. The van der Waals surface area contributed by atoms with E-state index in [0.29, 0.717) is 6.04 Å². The molecule has 1 aromatic rings. The van der Waals surface area contributed by atoms with Gasteiger partial charge in [0.25, 0.3) is 0 Å². The van der Waals surface area contributed by atoms with Crippen LogP contribution >= 0.6 is 15.9 Å². The van der Waals surface area contributed by atoms with Crippen molar-refractivity contribution in [1.82, 2.24) is 5.32 Å². The minimum absolute atomic E-state index is 0.540. The first kappa shape index (κ1) is 9.99. The van der Waals surface area contributed by atoms with E-state index in [1.165, 1.54) is 12.8 Å². The molecule has 2 rings (SSSR count). The topological polar surface area (TPSA) is 21.3 Å². The molecule has 0 aromatic heterocycles. The highest BCUT2D eigenvalue weighted by atomic mass is 79.9. The summed E-state index contributed by atoms with van der Waals surface area (Å²) in [6.45, 7) is 1.91. The number of halogens is 1. The predicted molar refractivity (Wildman–Crippen MR) is 60.7 cm³/mol. The maximum Gasteiger partial charge on any atom is 0.119 e. The highest BCUT2D eigenvalue weighted by Gasteiger charge is 2.13. The van der Waals surface area contributed by atoms with Crippen molar-refractivity contribution < 1.29 is 4.74 Å². The van der Waals surface area contributed by atoms with Crippen molar-refractivity contribution in [2.45, 2.75) is 18.9 Å². The van der Waals surface area contributed by atoms with E-state index >= 15 is 0 Å². The number of hydrogen-bond acceptors (Lipinski definition) is 2. The van der Waals surface area contributed by atoms with Gasteiger partial charge in [-0.15, -0.1) is 0 Å². The number of rotatable bonds is 3. The van der Waals surface area contributed by atoms with Crippen LogP contribution in [-0.4, -0.2) is 19.2 Å². The maximum atomic E-state index is 5.66. The lowest BCUT2D eigenvalue weighted by atomic mass is 10.2. The molecule has 2 nitrogen and oxygen atoms in total. The largest absolute Gasteiger partial charge is 0.492 e. The Hall–Kier alpha value is -0.540. The van der Waals surface area contributed by atoms with Gasteiger partial charge in [0.05, 0.1) is 0 Å². The zero-order valence-corrected chi connectivity index (χ0v) is 9.59. The van der Waals surface area contributed by atoms with E-state index in [2.05, 4.69) is 21.2 Å². The highest BCUT2D eigenvalue weighted by molar-refractivity contribution is 9.10. The van der Waals surface area contributed by atoms with Crippen molar-refractivity contribution in [1.29, 1.82) is 0 Å². The molecule has 14 heavy (non-hydrogen) atoms. The normalized spacial score (nSPS) is 21.1. The lowest BCUT2D eigenvalue weighted by Gasteiger charge is -2.11. The molecule has 0 saturated carbocycles. The first-order chi connectivity index (χ1) is 6.84. The molecule has 0 unspecified atom stereocenters. The van der Waals surface area contributed by atoms with Crippen LogP contribution in [0.25, 0.3) is 0 Å².